The van der Waals surface area contributed by atoms with Gasteiger partial charge in [-0.1, -0.05) is 42.0 Å². The molecule has 2 fully saturated rings. The number of hydrogen-bond acceptors (Lipinski definition) is 12. The molecule has 0 bridgehead atoms. The van der Waals surface area contributed by atoms with E-state index >= 15 is 0 Å². The molecule has 0 spiro atoms. The van der Waals surface area contributed by atoms with Gasteiger partial charge in [-0.2, -0.15) is 0 Å². The highest BCUT2D eigenvalue weighted by molar-refractivity contribution is 6.30. The van der Waals surface area contributed by atoms with E-state index in [2.05, 4.69) is 14.6 Å². The molecule has 1 saturated heterocycles. The number of carbonyl (C=O) groups excluding carboxylic acids is 1. The number of rotatable bonds is 20. The fraction of sp³-hybridized carbons (Fsp3) is 0.656. The summed E-state index contributed by atoms with van der Waals surface area (Å²) in [6, 6.07) is 6.93. The molecule has 5 atom stereocenters. The zero-order chi connectivity index (χ0) is 32.4. The molecular formula is C32H50ClN3O9. The van der Waals surface area contributed by atoms with Gasteiger partial charge in [0.05, 0.1) is 30.8 Å². The largest absolute Gasteiger partial charge is 0.491 e. The smallest absolute Gasteiger partial charge is 0.305 e. The van der Waals surface area contributed by atoms with E-state index in [1.165, 1.54) is 0 Å². The second kappa shape index (κ2) is 20.9. The van der Waals surface area contributed by atoms with Crippen molar-refractivity contribution < 1.29 is 44.8 Å². The molecule has 2 aliphatic rings. The fourth-order valence-electron chi connectivity index (χ4n) is 5.71. The number of hydrogen-bond donors (Lipinski definition) is 5. The summed E-state index contributed by atoms with van der Waals surface area (Å²) < 4.78 is 11.0. The Morgan fingerprint density at radius 1 is 1.02 bits per heavy atom. The first-order chi connectivity index (χ1) is 21.7. The lowest BCUT2D eigenvalue weighted by Gasteiger charge is -2.34. The van der Waals surface area contributed by atoms with Crippen LogP contribution in [0.5, 0.6) is 5.75 Å². The minimum Gasteiger partial charge on any atom is -0.491 e. The molecule has 254 valence electrons. The predicted molar refractivity (Wildman–Crippen MR) is 168 cm³/mol. The van der Waals surface area contributed by atoms with Crippen molar-refractivity contribution in [1.82, 2.24) is 15.2 Å². The van der Waals surface area contributed by atoms with Crippen LogP contribution in [0, 0.1) is 11.8 Å². The van der Waals surface area contributed by atoms with Crippen LogP contribution in [0.15, 0.2) is 48.6 Å². The highest BCUT2D eigenvalue weighted by Gasteiger charge is 2.39. The molecule has 0 amide bonds. The summed E-state index contributed by atoms with van der Waals surface area (Å²) in [5.41, 5.74) is 0. The van der Waals surface area contributed by atoms with Crippen molar-refractivity contribution >= 4 is 17.6 Å². The monoisotopic (exact) mass is 655 g/mol. The van der Waals surface area contributed by atoms with Crippen molar-refractivity contribution in [2.24, 2.45) is 11.8 Å². The highest BCUT2D eigenvalue weighted by atomic mass is 35.5. The maximum Gasteiger partial charge on any atom is 0.305 e. The van der Waals surface area contributed by atoms with Gasteiger partial charge in [0, 0.05) is 63.1 Å². The quantitative estimate of drug-likeness (QED) is 0.0607. The molecule has 1 aromatic rings. The second-order valence-electron chi connectivity index (χ2n) is 11.6. The van der Waals surface area contributed by atoms with Gasteiger partial charge in [0.25, 0.3) is 0 Å². The molecule has 12 nitrogen and oxygen atoms in total. The topological polar surface area (TPSA) is 156 Å². The summed E-state index contributed by atoms with van der Waals surface area (Å²) >= 11 is 5.96. The number of aliphatic hydroxyl groups excluding tert-OH is 3. The zero-order valence-electron chi connectivity index (χ0n) is 25.9. The number of nitrogens with zero attached hydrogens (tertiary/aromatic N) is 3. The van der Waals surface area contributed by atoms with Crippen LogP contribution in [0.4, 0.5) is 0 Å². The highest BCUT2D eigenvalue weighted by Crippen LogP contribution is 2.36. The first-order valence-corrected chi connectivity index (χ1v) is 16.3. The van der Waals surface area contributed by atoms with Crippen molar-refractivity contribution in [2.75, 3.05) is 59.1 Å². The Kier molecular flexibility index (Phi) is 17.4. The van der Waals surface area contributed by atoms with Crippen LogP contribution in [-0.2, 0) is 14.4 Å². The van der Waals surface area contributed by atoms with Crippen molar-refractivity contribution in [2.45, 2.75) is 63.3 Å². The van der Waals surface area contributed by atoms with Gasteiger partial charge in [-0.25, -0.2) is 0 Å². The molecule has 0 radical (unpaired) electrons. The lowest BCUT2D eigenvalue weighted by molar-refractivity contribution is -0.492. The second-order valence-corrected chi connectivity index (χ2v) is 12.1. The van der Waals surface area contributed by atoms with Gasteiger partial charge in [-0.3, -0.25) is 20.0 Å². The van der Waals surface area contributed by atoms with Crippen molar-refractivity contribution in [1.29, 1.82) is 0 Å². The van der Waals surface area contributed by atoms with E-state index in [-0.39, 0.29) is 42.8 Å². The Labute approximate surface area is 270 Å². The Bertz CT molecular complexity index is 1040. The normalized spacial score (nSPS) is 23.8. The summed E-state index contributed by atoms with van der Waals surface area (Å²) in [6.07, 6.45) is 9.29. The summed E-state index contributed by atoms with van der Waals surface area (Å²) in [5, 5.41) is 48.6. The van der Waals surface area contributed by atoms with Crippen molar-refractivity contribution in [3.63, 3.8) is 0 Å². The molecule has 1 aliphatic heterocycles. The van der Waals surface area contributed by atoms with Crippen molar-refractivity contribution in [3.8, 4) is 5.75 Å². The third kappa shape index (κ3) is 14.9. The number of halogens is 1. The standard InChI is InChI=1S/C32H50ClN3O9/c33-25-8-5-9-27(22-25)44-24-26(37)12-13-29-28(30(38)23-31(29)39)10-3-1-2-4-11-32(40)43-20-6-14-34-16-18-35(19-17-34)15-7-21-45-36(41)42/h1,3,5,8-9,12-13,22,26,28-31,37-39,41-42H,2,4,6-7,10-11,14-21,23-24H2/b3-1-,13-12+/t26-,28-,29-,30+,31-/m1/s1. The van der Waals surface area contributed by atoms with E-state index in [9.17, 15) is 20.1 Å². The molecule has 0 unspecified atom stereocenters. The number of benzene rings is 1. The third-order valence-corrected chi connectivity index (χ3v) is 8.42. The first-order valence-electron chi connectivity index (χ1n) is 15.9. The molecule has 13 heteroatoms. The number of unbranched alkanes of at least 4 members (excludes halogenated alkanes) is 1. The van der Waals surface area contributed by atoms with Crippen molar-refractivity contribution in [3.05, 3.63) is 53.6 Å². The van der Waals surface area contributed by atoms with E-state index in [4.69, 9.17) is 31.5 Å². The molecule has 5 N–H and O–H groups in total. The lowest BCUT2D eigenvalue weighted by atomic mass is 9.89. The van der Waals surface area contributed by atoms with Crippen LogP contribution in [-0.4, -0.2) is 124 Å². The number of piperazine rings is 1. The average molecular weight is 656 g/mol. The number of aliphatic hydroxyl groups is 3. The minimum atomic E-state index is -0.868. The van der Waals surface area contributed by atoms with E-state index < -0.39 is 18.3 Å². The van der Waals surface area contributed by atoms with Crippen LogP contribution >= 0.6 is 11.6 Å². The summed E-state index contributed by atoms with van der Waals surface area (Å²) in [6.45, 7) is 6.20. The fourth-order valence-corrected chi connectivity index (χ4v) is 5.89. The summed E-state index contributed by atoms with van der Waals surface area (Å²) in [4.78, 5) is 21.4. The van der Waals surface area contributed by atoms with Gasteiger partial charge in [-0.15, -0.1) is 0 Å². The van der Waals surface area contributed by atoms with Crippen LogP contribution in [0.25, 0.3) is 0 Å². The molecule has 1 heterocycles. The zero-order valence-corrected chi connectivity index (χ0v) is 26.7. The van der Waals surface area contributed by atoms with Gasteiger partial charge in [0.2, 0.25) is 0 Å². The van der Waals surface area contributed by atoms with Crippen LogP contribution in [0.1, 0.15) is 44.9 Å². The average Bonchev–Trinajstić information content (AvgIpc) is 3.28. The van der Waals surface area contributed by atoms with E-state index in [1.54, 1.807) is 36.4 Å². The van der Waals surface area contributed by atoms with Gasteiger partial charge >= 0.3 is 5.97 Å². The maximum atomic E-state index is 12.1. The minimum absolute atomic E-state index is 0.0457. The van der Waals surface area contributed by atoms with Gasteiger partial charge in [0.1, 0.15) is 18.5 Å². The van der Waals surface area contributed by atoms with Gasteiger partial charge in [0.15, 0.2) is 0 Å². The first kappa shape index (κ1) is 37.4. The SMILES string of the molecule is O=C(CCC/C=C\C[C@@H]1[C@@H](/C=C/[C@@H](O)COc2cccc(Cl)c2)[C@H](O)C[C@@H]1O)OCCCN1CCN(CCCON(O)O)CC1. The third-order valence-electron chi connectivity index (χ3n) is 8.19. The van der Waals surface area contributed by atoms with E-state index in [0.717, 1.165) is 52.1 Å². The van der Waals surface area contributed by atoms with Crippen LogP contribution in [0.3, 0.4) is 0 Å². The Balaban J connectivity index is 1.23. The molecule has 0 aromatic heterocycles. The number of allylic oxidation sites excluding steroid dienone is 2. The Morgan fingerprint density at radius 3 is 2.42 bits per heavy atom. The Morgan fingerprint density at radius 2 is 1.73 bits per heavy atom. The number of ether oxygens (including phenoxy) is 2. The summed E-state index contributed by atoms with van der Waals surface area (Å²) in [7, 11) is 0. The molecule has 1 aromatic carbocycles. The van der Waals surface area contributed by atoms with E-state index in [1.807, 2.05) is 12.2 Å². The van der Waals surface area contributed by atoms with E-state index in [0.29, 0.717) is 43.1 Å². The summed E-state index contributed by atoms with van der Waals surface area (Å²) in [5.74, 6) is -0.0827. The predicted octanol–water partition coefficient (Wildman–Crippen LogP) is 3.06. The van der Waals surface area contributed by atoms with Gasteiger partial charge in [-0.05, 0) is 56.2 Å². The molecule has 1 aliphatic carbocycles. The maximum absolute atomic E-state index is 12.1. The molecule has 1 saturated carbocycles. The molecule has 45 heavy (non-hydrogen) atoms. The lowest BCUT2D eigenvalue weighted by Crippen LogP contribution is -2.47. The molecular weight excluding hydrogens is 606 g/mol. The molecule has 3 rings (SSSR count). The van der Waals surface area contributed by atoms with Crippen LogP contribution in [0.2, 0.25) is 5.02 Å². The Hall–Kier alpha value is -2.10. The van der Waals surface area contributed by atoms with Gasteiger partial charge < -0.3 is 34.6 Å². The number of esters is 1. The van der Waals surface area contributed by atoms with Crippen LogP contribution < -0.4 is 4.74 Å². The number of carbonyl (C=O) groups is 1.